The molecule has 0 saturated heterocycles. The van der Waals surface area contributed by atoms with Crippen LogP contribution in [0.3, 0.4) is 0 Å². The normalized spacial score (nSPS) is 22.6. The molecule has 0 aromatic heterocycles. The highest BCUT2D eigenvalue weighted by molar-refractivity contribution is 5.94. The number of allylic oxidation sites excluding steroid dienone is 8. The summed E-state index contributed by atoms with van der Waals surface area (Å²) in [5.74, 6) is -0.0570. The summed E-state index contributed by atoms with van der Waals surface area (Å²) in [4.78, 5) is 11.7. The number of methoxy groups -OCH3 is 1. The fourth-order valence-electron chi connectivity index (χ4n) is 1.96. The SMILES string of the molecule is COC(=O)C1=CC=CC2=CC=CC=C1[C@H]2C. The van der Waals surface area contributed by atoms with E-state index in [0.717, 1.165) is 5.57 Å². The quantitative estimate of drug-likeness (QED) is 0.627. The van der Waals surface area contributed by atoms with Crippen molar-refractivity contribution in [3.63, 3.8) is 0 Å². The predicted octanol–water partition coefficient (Wildman–Crippen LogP) is 2.71. The third-order valence-corrected chi connectivity index (χ3v) is 2.91. The molecule has 0 heterocycles. The van der Waals surface area contributed by atoms with E-state index in [2.05, 4.69) is 13.0 Å². The minimum atomic E-state index is -0.278. The fourth-order valence-corrected chi connectivity index (χ4v) is 1.96. The summed E-state index contributed by atoms with van der Waals surface area (Å²) in [7, 11) is 1.41. The third kappa shape index (κ3) is 1.78. The molecule has 0 aromatic rings. The molecule has 0 aliphatic heterocycles. The van der Waals surface area contributed by atoms with Crippen molar-refractivity contribution < 1.29 is 9.53 Å². The molecule has 2 nitrogen and oxygen atoms in total. The van der Waals surface area contributed by atoms with Crippen LogP contribution >= 0.6 is 0 Å². The van der Waals surface area contributed by atoms with Gasteiger partial charge >= 0.3 is 5.97 Å². The van der Waals surface area contributed by atoms with Gasteiger partial charge in [-0.2, -0.15) is 0 Å². The average molecular weight is 214 g/mol. The highest BCUT2D eigenvalue weighted by Crippen LogP contribution is 2.31. The van der Waals surface area contributed by atoms with Gasteiger partial charge in [-0.15, -0.1) is 0 Å². The van der Waals surface area contributed by atoms with Crippen LogP contribution < -0.4 is 0 Å². The molecule has 82 valence electrons. The summed E-state index contributed by atoms with van der Waals surface area (Å²) < 4.78 is 4.80. The number of fused-ring (bicyclic) bond motifs is 2. The number of hydrogen-bond donors (Lipinski definition) is 0. The molecule has 2 heteroatoms. The Bertz CT molecular complexity index is 459. The van der Waals surface area contributed by atoms with Gasteiger partial charge < -0.3 is 4.74 Å². The first-order valence-electron chi connectivity index (χ1n) is 5.29. The Morgan fingerprint density at radius 1 is 1.19 bits per heavy atom. The van der Waals surface area contributed by atoms with Crippen molar-refractivity contribution in [3.8, 4) is 0 Å². The van der Waals surface area contributed by atoms with Gasteiger partial charge in [0, 0.05) is 5.92 Å². The van der Waals surface area contributed by atoms with E-state index in [1.54, 1.807) is 0 Å². The van der Waals surface area contributed by atoms with E-state index < -0.39 is 0 Å². The lowest BCUT2D eigenvalue weighted by Crippen LogP contribution is -2.11. The Hall–Kier alpha value is -1.83. The lowest BCUT2D eigenvalue weighted by Gasteiger charge is -2.15. The lowest BCUT2D eigenvalue weighted by atomic mass is 9.89. The Labute approximate surface area is 95.3 Å². The van der Waals surface area contributed by atoms with Gasteiger partial charge in [-0.05, 0) is 17.2 Å². The van der Waals surface area contributed by atoms with Crippen LogP contribution in [-0.4, -0.2) is 13.1 Å². The van der Waals surface area contributed by atoms with Crippen molar-refractivity contribution in [2.75, 3.05) is 7.11 Å². The van der Waals surface area contributed by atoms with Crippen molar-refractivity contribution in [3.05, 3.63) is 59.3 Å². The maximum absolute atomic E-state index is 11.7. The second-order valence-corrected chi connectivity index (χ2v) is 3.83. The smallest absolute Gasteiger partial charge is 0.338 e. The number of hydrogen-bond acceptors (Lipinski definition) is 2. The zero-order chi connectivity index (χ0) is 11.5. The largest absolute Gasteiger partial charge is 0.465 e. The summed E-state index contributed by atoms with van der Waals surface area (Å²) in [5, 5.41) is 0. The fraction of sp³-hybridized carbons (Fsp3) is 0.214. The molecule has 2 aliphatic rings. The Kier molecular flexibility index (Phi) is 2.91. The molecule has 2 rings (SSSR count). The second-order valence-electron chi connectivity index (χ2n) is 3.83. The van der Waals surface area contributed by atoms with E-state index >= 15 is 0 Å². The Morgan fingerprint density at radius 3 is 2.69 bits per heavy atom. The number of ether oxygens (including phenoxy) is 1. The van der Waals surface area contributed by atoms with E-state index in [-0.39, 0.29) is 11.9 Å². The predicted molar refractivity (Wildman–Crippen MR) is 63.7 cm³/mol. The van der Waals surface area contributed by atoms with E-state index in [9.17, 15) is 4.79 Å². The second kappa shape index (κ2) is 4.35. The first-order chi connectivity index (χ1) is 7.74. The van der Waals surface area contributed by atoms with Crippen LogP contribution in [0.25, 0.3) is 0 Å². The van der Waals surface area contributed by atoms with E-state index in [0.29, 0.717) is 5.57 Å². The molecule has 2 bridgehead atoms. The van der Waals surface area contributed by atoms with Crippen molar-refractivity contribution in [2.45, 2.75) is 6.92 Å². The molecule has 0 saturated carbocycles. The molecule has 0 spiro atoms. The summed E-state index contributed by atoms with van der Waals surface area (Å²) in [6.45, 7) is 2.09. The van der Waals surface area contributed by atoms with Crippen molar-refractivity contribution >= 4 is 5.97 Å². The molecule has 0 unspecified atom stereocenters. The molecular weight excluding hydrogens is 200 g/mol. The van der Waals surface area contributed by atoms with Crippen LogP contribution in [0.1, 0.15) is 6.92 Å². The molecule has 1 atom stereocenters. The molecular formula is C14H14O2. The van der Waals surface area contributed by atoms with Crippen molar-refractivity contribution in [1.29, 1.82) is 0 Å². The lowest BCUT2D eigenvalue weighted by molar-refractivity contribution is -0.135. The highest BCUT2D eigenvalue weighted by atomic mass is 16.5. The molecule has 16 heavy (non-hydrogen) atoms. The maximum Gasteiger partial charge on any atom is 0.338 e. The molecule has 0 amide bonds. The standard InChI is InChI=1S/C14H14O2/c1-10-11-6-3-4-8-12(10)13(9-5-7-11)14(15)16-2/h3-10H,1-2H3/t10-/m0/s1. The number of carbonyl (C=O) groups excluding carboxylic acids is 1. The molecule has 0 fully saturated rings. The van der Waals surface area contributed by atoms with Crippen LogP contribution in [0.2, 0.25) is 0 Å². The number of rotatable bonds is 1. The third-order valence-electron chi connectivity index (χ3n) is 2.91. The summed E-state index contributed by atoms with van der Waals surface area (Å²) in [6.07, 6.45) is 13.7. The topological polar surface area (TPSA) is 26.3 Å². The minimum Gasteiger partial charge on any atom is -0.465 e. The Balaban J connectivity index is 2.50. The number of carbonyl (C=O) groups is 1. The van der Waals surface area contributed by atoms with Crippen molar-refractivity contribution in [2.24, 2.45) is 5.92 Å². The van der Waals surface area contributed by atoms with Gasteiger partial charge in [0.25, 0.3) is 0 Å². The van der Waals surface area contributed by atoms with Gasteiger partial charge in [0.1, 0.15) is 0 Å². The molecule has 0 radical (unpaired) electrons. The van der Waals surface area contributed by atoms with Crippen LogP contribution in [0.15, 0.2) is 59.3 Å². The highest BCUT2D eigenvalue weighted by Gasteiger charge is 2.23. The van der Waals surface area contributed by atoms with Gasteiger partial charge in [0.2, 0.25) is 0 Å². The van der Waals surface area contributed by atoms with Gasteiger partial charge in [-0.25, -0.2) is 4.79 Å². The van der Waals surface area contributed by atoms with Gasteiger partial charge in [0.05, 0.1) is 12.7 Å². The Morgan fingerprint density at radius 2 is 1.94 bits per heavy atom. The first kappa shape index (κ1) is 10.7. The summed E-state index contributed by atoms with van der Waals surface area (Å²) in [6, 6.07) is 0. The number of esters is 1. The van der Waals surface area contributed by atoms with E-state index in [1.807, 2.05) is 36.5 Å². The van der Waals surface area contributed by atoms with Gasteiger partial charge in [0.15, 0.2) is 0 Å². The van der Waals surface area contributed by atoms with Crippen LogP contribution in [0, 0.1) is 5.92 Å². The van der Waals surface area contributed by atoms with Gasteiger partial charge in [-0.1, -0.05) is 43.4 Å². The summed E-state index contributed by atoms with van der Waals surface area (Å²) >= 11 is 0. The average Bonchev–Trinajstić information content (AvgIpc) is 2.57. The van der Waals surface area contributed by atoms with Crippen LogP contribution in [0.4, 0.5) is 0 Å². The zero-order valence-electron chi connectivity index (χ0n) is 9.44. The first-order valence-corrected chi connectivity index (χ1v) is 5.29. The van der Waals surface area contributed by atoms with Crippen LogP contribution in [0.5, 0.6) is 0 Å². The molecule has 2 aliphatic carbocycles. The van der Waals surface area contributed by atoms with Gasteiger partial charge in [-0.3, -0.25) is 0 Å². The zero-order valence-corrected chi connectivity index (χ0v) is 9.44. The molecule has 0 N–H and O–H groups in total. The van der Waals surface area contributed by atoms with Crippen molar-refractivity contribution in [1.82, 2.24) is 0 Å². The molecule has 0 aromatic carbocycles. The maximum atomic E-state index is 11.7. The van der Waals surface area contributed by atoms with E-state index in [1.165, 1.54) is 12.7 Å². The monoisotopic (exact) mass is 214 g/mol. The van der Waals surface area contributed by atoms with Crippen LogP contribution in [-0.2, 0) is 9.53 Å². The summed E-state index contributed by atoms with van der Waals surface area (Å²) in [5.41, 5.74) is 2.85. The van der Waals surface area contributed by atoms with E-state index in [4.69, 9.17) is 4.74 Å². The minimum absolute atomic E-state index is 0.221.